The third-order valence-electron chi connectivity index (χ3n) is 5.00. The van der Waals surface area contributed by atoms with Crippen molar-refractivity contribution in [2.45, 2.75) is 64.3 Å². The lowest BCUT2D eigenvalue weighted by Gasteiger charge is -2.34. The van der Waals surface area contributed by atoms with E-state index in [1.165, 1.54) is 32.1 Å². The van der Waals surface area contributed by atoms with E-state index in [4.69, 9.17) is 4.98 Å². The van der Waals surface area contributed by atoms with E-state index in [1.807, 2.05) is 0 Å². The predicted molar refractivity (Wildman–Crippen MR) is 83.8 cm³/mol. The van der Waals surface area contributed by atoms with E-state index in [9.17, 15) is 4.79 Å². The lowest BCUT2D eigenvalue weighted by Crippen LogP contribution is -2.35. The van der Waals surface area contributed by atoms with Crippen LogP contribution in [-0.4, -0.2) is 23.9 Å². The molecule has 0 saturated heterocycles. The summed E-state index contributed by atoms with van der Waals surface area (Å²) >= 11 is 1.62. The number of aromatic nitrogens is 1. The van der Waals surface area contributed by atoms with Gasteiger partial charge in [0.25, 0.3) is 0 Å². The highest BCUT2D eigenvalue weighted by Gasteiger charge is 2.28. The maximum absolute atomic E-state index is 11.9. The molecular formula is C16H24N2OS. The first-order valence-electron chi connectivity index (χ1n) is 7.94. The average Bonchev–Trinajstić information content (AvgIpc) is 2.92. The molecule has 0 bridgehead atoms. The minimum Gasteiger partial charge on any atom is -0.348 e. The van der Waals surface area contributed by atoms with Gasteiger partial charge >= 0.3 is 0 Å². The number of thiazole rings is 1. The largest absolute Gasteiger partial charge is 0.348 e. The van der Waals surface area contributed by atoms with Gasteiger partial charge in [0.2, 0.25) is 0 Å². The molecule has 0 aromatic carbocycles. The van der Waals surface area contributed by atoms with Gasteiger partial charge in [-0.05, 0) is 44.4 Å². The van der Waals surface area contributed by atoms with Crippen LogP contribution in [0.3, 0.4) is 0 Å². The molecule has 110 valence electrons. The maximum atomic E-state index is 11.9. The van der Waals surface area contributed by atoms with Crippen LogP contribution in [0.5, 0.6) is 0 Å². The third kappa shape index (κ3) is 2.62. The molecule has 0 N–H and O–H groups in total. The third-order valence-corrected chi connectivity index (χ3v) is 6.23. The van der Waals surface area contributed by atoms with E-state index in [-0.39, 0.29) is 0 Å². The Morgan fingerprint density at radius 1 is 1.25 bits per heavy atom. The topological polar surface area (TPSA) is 33.2 Å². The Labute approximate surface area is 125 Å². The van der Waals surface area contributed by atoms with Crippen molar-refractivity contribution >= 4 is 22.3 Å². The molecule has 0 amide bonds. The van der Waals surface area contributed by atoms with Gasteiger partial charge in [0.05, 0.1) is 10.6 Å². The number of Topliss-reactive ketones (excluding diaryl/α,β-unsaturated/α-hetero) is 1. The fourth-order valence-electron chi connectivity index (χ4n) is 3.50. The number of aryl methyl sites for hydroxylation is 1. The monoisotopic (exact) mass is 292 g/mol. The van der Waals surface area contributed by atoms with E-state index in [0.29, 0.717) is 18.2 Å². The molecular weight excluding hydrogens is 268 g/mol. The highest BCUT2D eigenvalue weighted by Crippen LogP contribution is 2.35. The minimum absolute atomic E-state index is 0.304. The Hall–Kier alpha value is -0.900. The number of fused-ring (bicyclic) bond motifs is 1. The number of carbonyl (C=O) groups is 1. The van der Waals surface area contributed by atoms with Gasteiger partial charge in [-0.1, -0.05) is 24.7 Å². The van der Waals surface area contributed by atoms with Gasteiger partial charge in [-0.3, -0.25) is 4.79 Å². The molecule has 20 heavy (non-hydrogen) atoms. The van der Waals surface area contributed by atoms with Crippen molar-refractivity contribution in [1.29, 1.82) is 0 Å². The van der Waals surface area contributed by atoms with E-state index in [1.54, 1.807) is 11.3 Å². The lowest BCUT2D eigenvalue weighted by molar-refractivity contribution is 0.0976. The SMILES string of the molecule is CCC1CCC(N(C)c2nc3c(s2)C(=O)CCC3)CC1. The van der Waals surface area contributed by atoms with Crippen molar-refractivity contribution < 1.29 is 4.79 Å². The predicted octanol–water partition coefficient (Wildman–Crippen LogP) is 4.07. The Balaban J connectivity index is 1.71. The summed E-state index contributed by atoms with van der Waals surface area (Å²) in [5.74, 6) is 1.23. The van der Waals surface area contributed by atoms with Crippen LogP contribution in [0.1, 0.15) is 67.2 Å². The summed E-state index contributed by atoms with van der Waals surface area (Å²) in [6.07, 6.45) is 9.20. The molecule has 3 nitrogen and oxygen atoms in total. The van der Waals surface area contributed by atoms with Crippen LogP contribution in [0.2, 0.25) is 0 Å². The number of hydrogen-bond donors (Lipinski definition) is 0. The van der Waals surface area contributed by atoms with Crippen LogP contribution < -0.4 is 4.90 Å². The van der Waals surface area contributed by atoms with Crippen LogP contribution in [-0.2, 0) is 6.42 Å². The molecule has 4 heteroatoms. The molecule has 1 fully saturated rings. The maximum Gasteiger partial charge on any atom is 0.186 e. The van der Waals surface area contributed by atoms with Gasteiger partial charge in [-0.15, -0.1) is 0 Å². The standard InChI is InChI=1S/C16H24N2OS/c1-3-11-7-9-12(10-8-11)18(2)16-17-13-5-4-6-14(19)15(13)20-16/h11-12H,3-10H2,1-2H3. The normalized spacial score (nSPS) is 26.4. The van der Waals surface area contributed by atoms with Gasteiger partial charge in [0, 0.05) is 19.5 Å². The molecule has 1 heterocycles. The van der Waals surface area contributed by atoms with Crippen LogP contribution in [0.4, 0.5) is 5.13 Å². The summed E-state index contributed by atoms with van der Waals surface area (Å²) < 4.78 is 0. The number of hydrogen-bond acceptors (Lipinski definition) is 4. The number of anilines is 1. The summed E-state index contributed by atoms with van der Waals surface area (Å²) in [5, 5.41) is 1.06. The molecule has 2 aliphatic rings. The Morgan fingerprint density at radius 2 is 2.00 bits per heavy atom. The van der Waals surface area contributed by atoms with Gasteiger partial charge in [0.1, 0.15) is 0 Å². The summed E-state index contributed by atoms with van der Waals surface area (Å²) in [7, 11) is 2.16. The van der Waals surface area contributed by atoms with Gasteiger partial charge < -0.3 is 4.90 Å². The molecule has 0 aliphatic heterocycles. The summed E-state index contributed by atoms with van der Waals surface area (Å²) in [6.45, 7) is 2.30. The molecule has 0 atom stereocenters. The van der Waals surface area contributed by atoms with E-state index in [0.717, 1.165) is 34.5 Å². The van der Waals surface area contributed by atoms with E-state index >= 15 is 0 Å². The highest BCUT2D eigenvalue weighted by molar-refractivity contribution is 7.17. The molecule has 1 aromatic rings. The molecule has 0 unspecified atom stereocenters. The van der Waals surface area contributed by atoms with Crippen LogP contribution in [0.15, 0.2) is 0 Å². The first-order valence-corrected chi connectivity index (χ1v) is 8.76. The molecule has 3 rings (SSSR count). The summed E-state index contributed by atoms with van der Waals surface area (Å²) in [4.78, 5) is 19.9. The van der Waals surface area contributed by atoms with E-state index in [2.05, 4.69) is 18.9 Å². The molecule has 1 aromatic heterocycles. The van der Waals surface area contributed by atoms with Crippen molar-refractivity contribution in [3.05, 3.63) is 10.6 Å². The van der Waals surface area contributed by atoms with Gasteiger partial charge in [-0.25, -0.2) is 4.98 Å². The van der Waals surface area contributed by atoms with Crippen molar-refractivity contribution in [3.8, 4) is 0 Å². The first-order chi connectivity index (χ1) is 9.69. The fraction of sp³-hybridized carbons (Fsp3) is 0.750. The molecule has 2 aliphatic carbocycles. The van der Waals surface area contributed by atoms with Crippen LogP contribution in [0, 0.1) is 5.92 Å². The Kier molecular flexibility index (Phi) is 4.11. The number of ketones is 1. The van der Waals surface area contributed by atoms with Crippen molar-refractivity contribution in [2.24, 2.45) is 5.92 Å². The van der Waals surface area contributed by atoms with Crippen molar-refractivity contribution in [1.82, 2.24) is 4.98 Å². The zero-order valence-corrected chi connectivity index (χ0v) is 13.3. The summed E-state index contributed by atoms with van der Waals surface area (Å²) in [6, 6.07) is 0.612. The van der Waals surface area contributed by atoms with Crippen molar-refractivity contribution in [2.75, 3.05) is 11.9 Å². The second kappa shape index (κ2) is 5.84. The fourth-order valence-corrected chi connectivity index (χ4v) is 4.62. The van der Waals surface area contributed by atoms with E-state index < -0.39 is 0 Å². The van der Waals surface area contributed by atoms with Gasteiger partial charge in [0.15, 0.2) is 10.9 Å². The first kappa shape index (κ1) is 14.1. The lowest BCUT2D eigenvalue weighted by atomic mass is 9.84. The number of carbonyl (C=O) groups excluding carboxylic acids is 1. The molecule has 0 radical (unpaired) electrons. The quantitative estimate of drug-likeness (QED) is 0.842. The highest BCUT2D eigenvalue weighted by atomic mass is 32.1. The second-order valence-electron chi connectivity index (χ2n) is 6.24. The van der Waals surface area contributed by atoms with Crippen LogP contribution >= 0.6 is 11.3 Å². The Bertz CT molecular complexity index is 489. The Morgan fingerprint density at radius 3 is 2.65 bits per heavy atom. The minimum atomic E-state index is 0.304. The summed E-state index contributed by atoms with van der Waals surface area (Å²) in [5.41, 5.74) is 1.05. The average molecular weight is 292 g/mol. The zero-order valence-electron chi connectivity index (χ0n) is 12.5. The number of nitrogens with zero attached hydrogens (tertiary/aromatic N) is 2. The number of rotatable bonds is 3. The molecule has 0 spiro atoms. The zero-order chi connectivity index (χ0) is 14.1. The van der Waals surface area contributed by atoms with Crippen molar-refractivity contribution in [3.63, 3.8) is 0 Å². The van der Waals surface area contributed by atoms with Crippen LogP contribution in [0.25, 0.3) is 0 Å². The van der Waals surface area contributed by atoms with Gasteiger partial charge in [-0.2, -0.15) is 0 Å². The second-order valence-corrected chi connectivity index (χ2v) is 7.22. The molecule has 1 saturated carbocycles. The smallest absolute Gasteiger partial charge is 0.186 e.